The second-order valence-electron chi connectivity index (χ2n) is 10.4. The number of hydrogen-bond acceptors (Lipinski definition) is 6. The Morgan fingerprint density at radius 2 is 0.976 bits per heavy atom. The molecule has 2 N–H and O–H groups in total. The summed E-state index contributed by atoms with van der Waals surface area (Å²) in [5.41, 5.74) is 6.24. The van der Waals surface area contributed by atoms with Crippen LogP contribution >= 0.6 is 0 Å². The predicted octanol–water partition coefficient (Wildman–Crippen LogP) is 8.02. The van der Waals surface area contributed by atoms with E-state index in [1.54, 1.807) is 37.0 Å². The van der Waals surface area contributed by atoms with Crippen LogP contribution in [0.25, 0.3) is 21.8 Å². The molecule has 2 aromatic heterocycles. The summed E-state index contributed by atoms with van der Waals surface area (Å²) in [6.45, 7) is 4.37. The van der Waals surface area contributed by atoms with E-state index in [-0.39, 0.29) is 16.9 Å². The molecule has 0 bridgehead atoms. The number of fused-ring (bicyclic) bond motifs is 2. The number of pyridine rings is 2. The first-order valence-electron chi connectivity index (χ1n) is 13.3. The molecular weight excluding hydrogens is 508 g/mol. The van der Waals surface area contributed by atoms with E-state index in [4.69, 9.17) is 0 Å². The summed E-state index contributed by atoms with van der Waals surface area (Å²) in [5.74, 6) is 0.298. The molecule has 6 heteroatoms. The highest BCUT2D eigenvalue weighted by atomic mass is 16.3. The van der Waals surface area contributed by atoms with E-state index in [2.05, 4.69) is 58.1 Å². The van der Waals surface area contributed by atoms with E-state index in [0.717, 1.165) is 33.3 Å². The fourth-order valence-corrected chi connectivity index (χ4v) is 4.94. The van der Waals surface area contributed by atoms with Crippen molar-refractivity contribution in [2.45, 2.75) is 19.3 Å². The van der Waals surface area contributed by atoms with Crippen LogP contribution in [-0.2, 0) is 5.41 Å². The normalized spacial score (nSPS) is 12.1. The first-order valence-corrected chi connectivity index (χ1v) is 13.3. The summed E-state index contributed by atoms with van der Waals surface area (Å²) >= 11 is 0. The molecule has 0 radical (unpaired) electrons. The van der Waals surface area contributed by atoms with Crippen LogP contribution in [0.1, 0.15) is 36.1 Å². The zero-order valence-electron chi connectivity index (χ0n) is 22.7. The number of rotatable bonds is 6. The van der Waals surface area contributed by atoms with Crippen LogP contribution in [0.15, 0.2) is 119 Å². The van der Waals surface area contributed by atoms with Gasteiger partial charge in [-0.2, -0.15) is 0 Å². The number of hydrogen-bond donors (Lipinski definition) is 2. The second-order valence-corrected chi connectivity index (χ2v) is 10.4. The Hall–Kier alpha value is -5.36. The molecule has 6 aromatic rings. The number of aliphatic imine (C=N–C) groups is 2. The van der Waals surface area contributed by atoms with Crippen molar-refractivity contribution in [3.63, 3.8) is 0 Å². The fourth-order valence-electron chi connectivity index (χ4n) is 4.94. The number of phenols is 2. The van der Waals surface area contributed by atoms with Gasteiger partial charge in [-0.3, -0.25) is 20.0 Å². The highest BCUT2D eigenvalue weighted by Gasteiger charge is 2.23. The van der Waals surface area contributed by atoms with Crippen LogP contribution in [-0.4, -0.2) is 32.6 Å². The number of benzene rings is 4. The molecule has 0 spiro atoms. The van der Waals surface area contributed by atoms with Gasteiger partial charge in [-0.15, -0.1) is 0 Å². The van der Waals surface area contributed by atoms with Crippen molar-refractivity contribution in [3.05, 3.63) is 132 Å². The van der Waals surface area contributed by atoms with Crippen molar-refractivity contribution in [2.24, 2.45) is 9.98 Å². The molecule has 0 aliphatic heterocycles. The van der Waals surface area contributed by atoms with Gasteiger partial charge in [-0.1, -0.05) is 50.2 Å². The maximum atomic E-state index is 10.4. The van der Waals surface area contributed by atoms with Crippen LogP contribution in [0.5, 0.6) is 11.5 Å². The fraction of sp³-hybridized carbons (Fsp3) is 0.0857. The average molecular weight is 537 g/mol. The molecule has 41 heavy (non-hydrogen) atoms. The molecule has 0 atom stereocenters. The molecule has 0 saturated heterocycles. The molecular formula is C35H28N4O2. The lowest BCUT2D eigenvalue weighted by atomic mass is 9.78. The predicted molar refractivity (Wildman–Crippen MR) is 166 cm³/mol. The highest BCUT2D eigenvalue weighted by molar-refractivity contribution is 6.01. The van der Waals surface area contributed by atoms with Crippen molar-refractivity contribution in [3.8, 4) is 11.5 Å². The molecule has 200 valence electrons. The Balaban J connectivity index is 1.20. The Morgan fingerprint density at radius 1 is 0.561 bits per heavy atom. The molecule has 0 fully saturated rings. The van der Waals surface area contributed by atoms with Gasteiger partial charge in [0.1, 0.15) is 11.5 Å². The number of aromatic nitrogens is 2. The van der Waals surface area contributed by atoms with Gasteiger partial charge >= 0.3 is 0 Å². The van der Waals surface area contributed by atoms with Crippen molar-refractivity contribution >= 4 is 45.6 Å². The summed E-state index contributed by atoms with van der Waals surface area (Å²) < 4.78 is 0. The van der Waals surface area contributed by atoms with Crippen molar-refractivity contribution in [2.75, 3.05) is 0 Å². The molecule has 2 heterocycles. The lowest BCUT2D eigenvalue weighted by molar-refractivity contribution is 0.474. The lowest BCUT2D eigenvalue weighted by Crippen LogP contribution is -2.18. The van der Waals surface area contributed by atoms with Gasteiger partial charge in [0.2, 0.25) is 0 Å². The van der Waals surface area contributed by atoms with Crippen LogP contribution in [0.4, 0.5) is 11.4 Å². The summed E-state index contributed by atoms with van der Waals surface area (Å²) in [6, 6.07) is 30.9. The maximum Gasteiger partial charge on any atom is 0.126 e. The molecule has 0 amide bonds. The van der Waals surface area contributed by atoms with Gasteiger partial charge in [-0.05, 0) is 71.8 Å². The smallest absolute Gasteiger partial charge is 0.126 e. The van der Waals surface area contributed by atoms with Gasteiger partial charge in [0.05, 0.1) is 33.5 Å². The third-order valence-electron chi connectivity index (χ3n) is 7.44. The van der Waals surface area contributed by atoms with Gasteiger partial charge in [0.15, 0.2) is 0 Å². The van der Waals surface area contributed by atoms with Gasteiger partial charge in [-0.25, -0.2) is 0 Å². The summed E-state index contributed by atoms with van der Waals surface area (Å²) in [5, 5.41) is 22.6. The van der Waals surface area contributed by atoms with Gasteiger partial charge in [0, 0.05) is 41.0 Å². The summed E-state index contributed by atoms with van der Waals surface area (Å²) in [6.07, 6.45) is 6.75. The van der Waals surface area contributed by atoms with Gasteiger partial charge in [0.25, 0.3) is 0 Å². The van der Waals surface area contributed by atoms with Crippen molar-refractivity contribution < 1.29 is 10.2 Å². The van der Waals surface area contributed by atoms with Crippen molar-refractivity contribution in [1.82, 2.24) is 9.97 Å². The van der Waals surface area contributed by atoms with Crippen molar-refractivity contribution in [1.29, 1.82) is 0 Å². The third kappa shape index (κ3) is 5.15. The minimum absolute atomic E-state index is 0.149. The second kappa shape index (κ2) is 10.7. The van der Waals surface area contributed by atoms with E-state index < -0.39 is 0 Å². The summed E-state index contributed by atoms with van der Waals surface area (Å²) in [4.78, 5) is 18.0. The molecule has 4 aromatic carbocycles. The Bertz CT molecular complexity index is 1790. The Morgan fingerprint density at radius 3 is 1.39 bits per heavy atom. The van der Waals surface area contributed by atoms with Crippen LogP contribution in [0.2, 0.25) is 0 Å². The Labute approximate surface area is 238 Å². The number of aromatic hydroxyl groups is 2. The monoisotopic (exact) mass is 536 g/mol. The van der Waals surface area contributed by atoms with E-state index in [9.17, 15) is 10.2 Å². The van der Waals surface area contributed by atoms with Crippen LogP contribution in [0.3, 0.4) is 0 Å². The van der Waals surface area contributed by atoms with Gasteiger partial charge < -0.3 is 10.2 Å². The van der Waals surface area contributed by atoms with E-state index >= 15 is 0 Å². The standard InChI is InChI=1S/C35H28N4O2/c1-35(2,25-9-13-27(14-10-25)38-21-29-31(40)17-7-23-5-3-19-36-33(23)29)26-11-15-28(16-12-26)39-22-30-32(41)18-8-24-6-4-20-37-34(24)30/h3-22,40-41H,1-2H3. The minimum Gasteiger partial charge on any atom is -0.507 e. The third-order valence-corrected chi connectivity index (χ3v) is 7.44. The lowest BCUT2D eigenvalue weighted by Gasteiger charge is -2.26. The first kappa shape index (κ1) is 25.9. The minimum atomic E-state index is -0.250. The van der Waals surface area contributed by atoms with Crippen LogP contribution < -0.4 is 0 Å². The maximum absolute atomic E-state index is 10.4. The molecule has 0 unspecified atom stereocenters. The molecule has 0 aliphatic carbocycles. The average Bonchev–Trinajstić information content (AvgIpc) is 3.00. The molecule has 6 nitrogen and oxygen atoms in total. The zero-order valence-corrected chi connectivity index (χ0v) is 22.7. The Kier molecular flexibility index (Phi) is 6.73. The number of phenolic OH excluding ortho intramolecular Hbond substituents is 2. The highest BCUT2D eigenvalue weighted by Crippen LogP contribution is 2.34. The number of nitrogens with zero attached hydrogens (tertiary/aromatic N) is 4. The van der Waals surface area contributed by atoms with E-state index in [0.29, 0.717) is 22.2 Å². The summed E-state index contributed by atoms with van der Waals surface area (Å²) in [7, 11) is 0. The molecule has 6 rings (SSSR count). The first-order chi connectivity index (χ1) is 19.9. The largest absolute Gasteiger partial charge is 0.507 e. The molecule has 0 saturated carbocycles. The topological polar surface area (TPSA) is 91.0 Å². The van der Waals surface area contributed by atoms with E-state index in [1.807, 2.05) is 60.7 Å². The molecule has 0 aliphatic rings. The van der Waals surface area contributed by atoms with E-state index in [1.165, 1.54) is 0 Å². The van der Waals surface area contributed by atoms with Crippen LogP contribution in [0, 0.1) is 0 Å². The quantitative estimate of drug-likeness (QED) is 0.211. The SMILES string of the molecule is CC(C)(c1ccc(N=Cc2c(O)ccc3cccnc23)cc1)c1ccc(N=Cc2c(O)ccc3cccnc23)cc1. The zero-order chi connectivity index (χ0) is 28.4.